The summed E-state index contributed by atoms with van der Waals surface area (Å²) in [5, 5.41) is 32.1. The molecule has 118 valence electrons. The van der Waals surface area contributed by atoms with Crippen molar-refractivity contribution in [2.75, 3.05) is 19.6 Å². The predicted molar refractivity (Wildman–Crippen MR) is 74.8 cm³/mol. The molecule has 1 heterocycles. The van der Waals surface area contributed by atoms with Crippen LogP contribution >= 0.6 is 0 Å². The van der Waals surface area contributed by atoms with Crippen LogP contribution in [-0.4, -0.2) is 57.7 Å². The van der Waals surface area contributed by atoms with Crippen molar-refractivity contribution in [2.45, 2.75) is 12.6 Å². The summed E-state index contributed by atoms with van der Waals surface area (Å²) in [6.07, 6.45) is 0. The zero-order valence-corrected chi connectivity index (χ0v) is 11.6. The molecule has 3 N–H and O–H groups in total. The second-order valence-electron chi connectivity index (χ2n) is 4.95. The quantitative estimate of drug-likeness (QED) is 0.517. The maximum absolute atomic E-state index is 11.3. The van der Waals surface area contributed by atoms with Crippen molar-refractivity contribution in [3.63, 3.8) is 0 Å². The average Bonchev–Trinajstić information content (AvgIpc) is 2.47. The highest BCUT2D eigenvalue weighted by Gasteiger charge is 2.28. The number of hydrogen-bond donors (Lipinski definition) is 3. The molecule has 0 aliphatic carbocycles. The zero-order chi connectivity index (χ0) is 16.3. The van der Waals surface area contributed by atoms with E-state index in [4.69, 9.17) is 5.11 Å². The molecule has 1 aromatic rings. The molecular formula is C13H15N3O6. The molecule has 0 saturated carbocycles. The average molecular weight is 309 g/mol. The monoisotopic (exact) mass is 309 g/mol. The summed E-state index contributed by atoms with van der Waals surface area (Å²) in [6, 6.07) is 3.10. The van der Waals surface area contributed by atoms with Crippen LogP contribution in [0.5, 0.6) is 0 Å². The summed E-state index contributed by atoms with van der Waals surface area (Å²) in [5.41, 5.74) is -0.323. The molecule has 0 radical (unpaired) electrons. The van der Waals surface area contributed by atoms with E-state index in [-0.39, 0.29) is 29.9 Å². The summed E-state index contributed by atoms with van der Waals surface area (Å²) < 4.78 is 0. The molecule has 0 amide bonds. The Labute approximate surface area is 125 Å². The van der Waals surface area contributed by atoms with Gasteiger partial charge in [-0.15, -0.1) is 0 Å². The number of nitrogens with zero attached hydrogens (tertiary/aromatic N) is 2. The van der Waals surface area contributed by atoms with Gasteiger partial charge in [-0.25, -0.2) is 4.79 Å². The SMILES string of the molecule is O=C(O)c1cccc([N+](=O)[O-])c1CN1CCNC(C(=O)O)C1. The summed E-state index contributed by atoms with van der Waals surface area (Å²) in [4.78, 5) is 34.4. The van der Waals surface area contributed by atoms with Gasteiger partial charge in [-0.05, 0) is 6.07 Å². The summed E-state index contributed by atoms with van der Waals surface area (Å²) in [6.45, 7) is 1.07. The van der Waals surface area contributed by atoms with Crippen LogP contribution in [0.15, 0.2) is 18.2 Å². The van der Waals surface area contributed by atoms with E-state index in [1.807, 2.05) is 0 Å². The van der Waals surface area contributed by atoms with Gasteiger partial charge in [0, 0.05) is 32.2 Å². The molecule has 0 spiro atoms. The fraction of sp³-hybridized carbons (Fsp3) is 0.385. The van der Waals surface area contributed by atoms with Crippen molar-refractivity contribution in [1.82, 2.24) is 10.2 Å². The van der Waals surface area contributed by atoms with Crippen LogP contribution in [0.2, 0.25) is 0 Å². The molecule has 1 aromatic carbocycles. The second-order valence-corrected chi connectivity index (χ2v) is 4.95. The van der Waals surface area contributed by atoms with E-state index in [0.29, 0.717) is 13.1 Å². The van der Waals surface area contributed by atoms with Crippen LogP contribution in [0, 0.1) is 10.1 Å². The van der Waals surface area contributed by atoms with Crippen molar-refractivity contribution < 1.29 is 24.7 Å². The Balaban J connectivity index is 2.29. The minimum absolute atomic E-state index is 0.0181. The molecule has 1 aliphatic rings. The van der Waals surface area contributed by atoms with Gasteiger partial charge >= 0.3 is 11.9 Å². The maximum atomic E-state index is 11.3. The van der Waals surface area contributed by atoms with Crippen LogP contribution < -0.4 is 5.32 Å². The van der Waals surface area contributed by atoms with Gasteiger partial charge in [0.25, 0.3) is 5.69 Å². The van der Waals surface area contributed by atoms with E-state index in [1.165, 1.54) is 18.2 Å². The van der Waals surface area contributed by atoms with Gasteiger partial charge in [0.15, 0.2) is 0 Å². The summed E-state index contributed by atoms with van der Waals surface area (Å²) in [5.74, 6) is -2.26. The van der Waals surface area contributed by atoms with Crippen molar-refractivity contribution in [3.05, 3.63) is 39.4 Å². The number of aliphatic carboxylic acids is 1. The molecule has 0 bridgehead atoms. The number of nitrogens with one attached hydrogen (secondary N) is 1. The molecule has 22 heavy (non-hydrogen) atoms. The highest BCUT2D eigenvalue weighted by Crippen LogP contribution is 2.24. The van der Waals surface area contributed by atoms with Crippen molar-refractivity contribution in [3.8, 4) is 0 Å². The third kappa shape index (κ3) is 3.38. The van der Waals surface area contributed by atoms with Crippen LogP contribution in [0.25, 0.3) is 0 Å². The number of rotatable bonds is 5. The van der Waals surface area contributed by atoms with Gasteiger partial charge in [0.05, 0.1) is 16.1 Å². The minimum Gasteiger partial charge on any atom is -0.480 e. The topological polar surface area (TPSA) is 133 Å². The molecule has 1 aliphatic heterocycles. The first kappa shape index (κ1) is 15.9. The normalized spacial score (nSPS) is 18.8. The standard InChI is InChI=1S/C13H15N3O6/c17-12(18)8-2-1-3-11(16(21)22)9(8)6-15-5-4-14-10(7-15)13(19)20/h1-3,10,14H,4-7H2,(H,17,18)(H,19,20). The molecular weight excluding hydrogens is 294 g/mol. The summed E-state index contributed by atoms with van der Waals surface area (Å²) >= 11 is 0. The fourth-order valence-corrected chi connectivity index (χ4v) is 2.46. The lowest BCUT2D eigenvalue weighted by Crippen LogP contribution is -2.53. The third-order valence-electron chi connectivity index (χ3n) is 3.52. The Morgan fingerprint density at radius 1 is 1.41 bits per heavy atom. The zero-order valence-electron chi connectivity index (χ0n) is 11.6. The van der Waals surface area contributed by atoms with E-state index in [9.17, 15) is 24.8 Å². The van der Waals surface area contributed by atoms with Crippen molar-refractivity contribution >= 4 is 17.6 Å². The number of carboxylic acids is 2. The third-order valence-corrected chi connectivity index (χ3v) is 3.52. The predicted octanol–water partition coefficient (Wildman–Crippen LogP) is 0.151. The van der Waals surface area contributed by atoms with Gasteiger partial charge in [-0.3, -0.25) is 19.8 Å². The van der Waals surface area contributed by atoms with Crippen LogP contribution in [-0.2, 0) is 11.3 Å². The lowest BCUT2D eigenvalue weighted by Gasteiger charge is -2.31. The molecule has 1 atom stereocenters. The van der Waals surface area contributed by atoms with E-state index < -0.39 is 22.9 Å². The van der Waals surface area contributed by atoms with Gasteiger partial charge in [0.2, 0.25) is 0 Å². The molecule has 1 saturated heterocycles. The highest BCUT2D eigenvalue weighted by atomic mass is 16.6. The molecule has 1 fully saturated rings. The minimum atomic E-state index is -1.25. The number of aromatic carboxylic acids is 1. The number of carboxylic acid groups (broad SMARTS) is 2. The number of nitro groups is 1. The molecule has 1 unspecified atom stereocenters. The smallest absolute Gasteiger partial charge is 0.336 e. The lowest BCUT2D eigenvalue weighted by molar-refractivity contribution is -0.385. The van der Waals surface area contributed by atoms with Crippen molar-refractivity contribution in [1.29, 1.82) is 0 Å². The van der Waals surface area contributed by atoms with E-state index >= 15 is 0 Å². The molecule has 2 rings (SSSR count). The Hall–Kier alpha value is -2.52. The van der Waals surface area contributed by atoms with E-state index in [1.54, 1.807) is 4.90 Å². The van der Waals surface area contributed by atoms with Crippen LogP contribution in [0.4, 0.5) is 5.69 Å². The molecule has 9 heteroatoms. The largest absolute Gasteiger partial charge is 0.480 e. The maximum Gasteiger partial charge on any atom is 0.336 e. The van der Waals surface area contributed by atoms with Crippen LogP contribution in [0.1, 0.15) is 15.9 Å². The number of nitro benzene ring substituents is 1. The number of hydrogen-bond acceptors (Lipinski definition) is 6. The van der Waals surface area contributed by atoms with Crippen molar-refractivity contribution in [2.24, 2.45) is 0 Å². The van der Waals surface area contributed by atoms with Gasteiger partial charge in [-0.1, -0.05) is 6.07 Å². The number of carbonyl (C=O) groups is 2. The van der Waals surface area contributed by atoms with Gasteiger partial charge in [0.1, 0.15) is 6.04 Å². The van der Waals surface area contributed by atoms with E-state index in [2.05, 4.69) is 5.32 Å². The van der Waals surface area contributed by atoms with Crippen LogP contribution in [0.3, 0.4) is 0 Å². The number of piperazine rings is 1. The first-order chi connectivity index (χ1) is 10.4. The molecule has 9 nitrogen and oxygen atoms in total. The Bertz CT molecular complexity index is 586. The Morgan fingerprint density at radius 3 is 2.73 bits per heavy atom. The highest BCUT2D eigenvalue weighted by molar-refractivity contribution is 5.90. The fourth-order valence-electron chi connectivity index (χ4n) is 2.46. The Kier molecular flexibility index (Phi) is 4.68. The Morgan fingerprint density at radius 2 is 2.14 bits per heavy atom. The van der Waals surface area contributed by atoms with Gasteiger partial charge < -0.3 is 15.5 Å². The molecule has 0 aromatic heterocycles. The van der Waals surface area contributed by atoms with E-state index in [0.717, 1.165) is 0 Å². The lowest BCUT2D eigenvalue weighted by atomic mass is 10.0. The van der Waals surface area contributed by atoms with Gasteiger partial charge in [-0.2, -0.15) is 0 Å². The summed E-state index contributed by atoms with van der Waals surface area (Å²) in [7, 11) is 0. The first-order valence-electron chi connectivity index (χ1n) is 6.58. The second kappa shape index (κ2) is 6.50. The first-order valence-corrected chi connectivity index (χ1v) is 6.58. The number of benzene rings is 1.